The summed E-state index contributed by atoms with van der Waals surface area (Å²) < 4.78 is 31.2. The van der Waals surface area contributed by atoms with Crippen LogP contribution in [0.3, 0.4) is 0 Å². The summed E-state index contributed by atoms with van der Waals surface area (Å²) in [5.74, 6) is 2.03. The molecule has 1 amide bonds. The summed E-state index contributed by atoms with van der Waals surface area (Å²) in [6.45, 7) is 9.32. The van der Waals surface area contributed by atoms with E-state index in [1.165, 1.54) is 17.1 Å². The molecule has 1 aliphatic rings. The number of rotatable bonds is 11. The zero-order chi connectivity index (χ0) is 24.5. The number of amides is 1. The van der Waals surface area contributed by atoms with E-state index in [-0.39, 0.29) is 23.3 Å². The molecule has 3 aromatic rings. The Balaban J connectivity index is 1.50. The predicted octanol–water partition coefficient (Wildman–Crippen LogP) is 3.83. The molecule has 2 aromatic heterocycles. The number of aromatic nitrogens is 4. The summed E-state index contributed by atoms with van der Waals surface area (Å²) in [5, 5.41) is 7.38. The average molecular weight is 487 g/mol. The second kappa shape index (κ2) is 9.87. The van der Waals surface area contributed by atoms with Crippen LogP contribution in [-0.4, -0.2) is 51.1 Å². The largest absolute Gasteiger partial charge is 0.328 e. The molecule has 2 heterocycles. The number of hydrogen-bond donors (Lipinski definition) is 1. The fourth-order valence-corrected chi connectivity index (χ4v) is 6.00. The quantitative estimate of drug-likeness (QED) is 0.444. The van der Waals surface area contributed by atoms with Crippen molar-refractivity contribution in [1.29, 1.82) is 0 Å². The zero-order valence-electron chi connectivity index (χ0n) is 20.4. The van der Waals surface area contributed by atoms with Crippen molar-refractivity contribution in [3.63, 3.8) is 0 Å². The van der Waals surface area contributed by atoms with Gasteiger partial charge in [-0.05, 0) is 50.8 Å². The van der Waals surface area contributed by atoms with Crippen molar-refractivity contribution in [2.45, 2.75) is 70.9 Å². The third-order valence-corrected chi connectivity index (χ3v) is 8.71. The maximum atomic E-state index is 12.9. The lowest BCUT2D eigenvalue weighted by atomic mass is 10.2. The van der Waals surface area contributed by atoms with Crippen molar-refractivity contribution in [2.75, 3.05) is 18.4 Å². The van der Waals surface area contributed by atoms with E-state index in [1.807, 2.05) is 42.2 Å². The number of aryl methyl sites for hydroxylation is 2. The Bertz CT molecular complexity index is 1270. The SMILES string of the molecule is CCN(CC)S(=O)(=O)c1ccc2c(c1)nc(CCC(=O)Nc1ccnn1C(C)C1CC1)n2CC. The van der Waals surface area contributed by atoms with Crippen LogP contribution in [0.1, 0.15) is 58.8 Å². The Morgan fingerprint density at radius 2 is 1.94 bits per heavy atom. The van der Waals surface area contributed by atoms with E-state index >= 15 is 0 Å². The molecule has 0 aliphatic heterocycles. The number of carbonyl (C=O) groups is 1. The summed E-state index contributed by atoms with van der Waals surface area (Å²) in [4.78, 5) is 17.7. The fraction of sp³-hybridized carbons (Fsp3) is 0.542. The molecule has 0 radical (unpaired) electrons. The van der Waals surface area contributed by atoms with Crippen LogP contribution < -0.4 is 5.32 Å². The van der Waals surface area contributed by atoms with Crippen LogP contribution in [0.5, 0.6) is 0 Å². The van der Waals surface area contributed by atoms with Crippen LogP contribution in [0.2, 0.25) is 0 Å². The Morgan fingerprint density at radius 1 is 1.21 bits per heavy atom. The highest BCUT2D eigenvalue weighted by Crippen LogP contribution is 2.40. The second-order valence-corrected chi connectivity index (χ2v) is 10.7. The maximum absolute atomic E-state index is 12.9. The molecule has 10 heteroatoms. The van der Waals surface area contributed by atoms with Gasteiger partial charge in [0, 0.05) is 38.5 Å². The molecule has 1 aromatic carbocycles. The van der Waals surface area contributed by atoms with Gasteiger partial charge in [0.15, 0.2) is 0 Å². The van der Waals surface area contributed by atoms with E-state index in [9.17, 15) is 13.2 Å². The van der Waals surface area contributed by atoms with Gasteiger partial charge in [-0.3, -0.25) is 4.79 Å². The Labute approximate surface area is 201 Å². The summed E-state index contributed by atoms with van der Waals surface area (Å²) in [6.07, 6.45) is 4.86. The number of anilines is 1. The predicted molar refractivity (Wildman–Crippen MR) is 132 cm³/mol. The van der Waals surface area contributed by atoms with Gasteiger partial charge in [-0.1, -0.05) is 13.8 Å². The molecule has 0 saturated heterocycles. The van der Waals surface area contributed by atoms with Gasteiger partial charge in [-0.15, -0.1) is 0 Å². The van der Waals surface area contributed by atoms with Gasteiger partial charge in [0.05, 0.1) is 28.2 Å². The number of imidazole rings is 1. The van der Waals surface area contributed by atoms with E-state index in [0.717, 1.165) is 17.2 Å². The molecule has 0 spiro atoms. The molecule has 1 saturated carbocycles. The fourth-order valence-electron chi connectivity index (χ4n) is 4.52. The van der Waals surface area contributed by atoms with Gasteiger partial charge < -0.3 is 9.88 Å². The highest BCUT2D eigenvalue weighted by molar-refractivity contribution is 7.89. The van der Waals surface area contributed by atoms with Crippen molar-refractivity contribution in [3.8, 4) is 0 Å². The molecule has 1 fully saturated rings. The van der Waals surface area contributed by atoms with E-state index < -0.39 is 10.0 Å². The molecule has 1 unspecified atom stereocenters. The molecule has 1 N–H and O–H groups in total. The molecule has 1 aliphatic carbocycles. The van der Waals surface area contributed by atoms with Gasteiger partial charge >= 0.3 is 0 Å². The number of carbonyl (C=O) groups excluding carboxylic acids is 1. The minimum atomic E-state index is -3.56. The summed E-state index contributed by atoms with van der Waals surface area (Å²) in [7, 11) is -3.56. The number of hydrogen-bond acceptors (Lipinski definition) is 5. The summed E-state index contributed by atoms with van der Waals surface area (Å²) in [6, 6.07) is 7.19. The van der Waals surface area contributed by atoms with E-state index in [2.05, 4.69) is 17.3 Å². The van der Waals surface area contributed by atoms with Gasteiger partial charge in [0.25, 0.3) is 0 Å². The monoisotopic (exact) mass is 486 g/mol. The molecule has 184 valence electrons. The van der Waals surface area contributed by atoms with Gasteiger partial charge in [0.2, 0.25) is 15.9 Å². The van der Waals surface area contributed by atoms with Crippen LogP contribution in [-0.2, 0) is 27.8 Å². The maximum Gasteiger partial charge on any atom is 0.243 e. The van der Waals surface area contributed by atoms with Crippen LogP contribution in [0.25, 0.3) is 11.0 Å². The second-order valence-electron chi connectivity index (χ2n) is 8.80. The van der Waals surface area contributed by atoms with Crippen LogP contribution in [0.15, 0.2) is 35.4 Å². The zero-order valence-corrected chi connectivity index (χ0v) is 21.2. The highest BCUT2D eigenvalue weighted by atomic mass is 32.2. The molecular formula is C24H34N6O3S. The lowest BCUT2D eigenvalue weighted by Crippen LogP contribution is -2.30. The molecule has 1 atom stereocenters. The smallest absolute Gasteiger partial charge is 0.243 e. The van der Waals surface area contributed by atoms with E-state index in [4.69, 9.17) is 4.98 Å². The first-order valence-corrected chi connectivity index (χ1v) is 13.6. The van der Waals surface area contributed by atoms with Crippen LogP contribution in [0.4, 0.5) is 5.82 Å². The minimum absolute atomic E-state index is 0.0933. The highest BCUT2D eigenvalue weighted by Gasteiger charge is 2.31. The topological polar surface area (TPSA) is 102 Å². The Morgan fingerprint density at radius 3 is 2.59 bits per heavy atom. The first kappa shape index (κ1) is 24.4. The summed E-state index contributed by atoms with van der Waals surface area (Å²) in [5.41, 5.74) is 1.49. The Kier molecular flexibility index (Phi) is 7.09. The average Bonchev–Trinajstić information content (AvgIpc) is 3.47. The number of sulfonamides is 1. The van der Waals surface area contributed by atoms with Crippen molar-refractivity contribution < 1.29 is 13.2 Å². The molecule has 4 rings (SSSR count). The standard InChI is InChI=1S/C24H34N6O3S/c1-5-28(6-2)34(32,33)19-10-11-21-20(16-19)26-22(29(21)7-3)12-13-24(31)27-23-14-15-25-30(23)17(4)18-8-9-18/h10-11,14-18H,5-9,12-13H2,1-4H3,(H,27,31). The number of nitrogens with zero attached hydrogens (tertiary/aromatic N) is 5. The normalized spacial score (nSPS) is 15.2. The van der Waals surface area contributed by atoms with Crippen molar-refractivity contribution in [2.24, 2.45) is 5.92 Å². The van der Waals surface area contributed by atoms with Gasteiger partial charge in [0.1, 0.15) is 11.6 Å². The number of nitrogens with one attached hydrogen (secondary N) is 1. The molecule has 0 bridgehead atoms. The first-order chi connectivity index (χ1) is 16.3. The van der Waals surface area contributed by atoms with Gasteiger partial charge in [-0.2, -0.15) is 9.40 Å². The van der Waals surface area contributed by atoms with Crippen molar-refractivity contribution in [1.82, 2.24) is 23.6 Å². The third kappa shape index (κ3) is 4.74. The first-order valence-electron chi connectivity index (χ1n) is 12.1. The summed E-state index contributed by atoms with van der Waals surface area (Å²) >= 11 is 0. The van der Waals surface area contributed by atoms with E-state index in [1.54, 1.807) is 18.3 Å². The number of benzene rings is 1. The molecular weight excluding hydrogens is 452 g/mol. The Hall–Kier alpha value is -2.72. The van der Waals surface area contributed by atoms with Crippen molar-refractivity contribution >= 4 is 32.8 Å². The lowest BCUT2D eigenvalue weighted by molar-refractivity contribution is -0.116. The molecule has 34 heavy (non-hydrogen) atoms. The minimum Gasteiger partial charge on any atom is -0.328 e. The lowest BCUT2D eigenvalue weighted by Gasteiger charge is -2.18. The molecule has 9 nitrogen and oxygen atoms in total. The van der Waals surface area contributed by atoms with Crippen LogP contribution in [0, 0.1) is 5.92 Å². The third-order valence-electron chi connectivity index (χ3n) is 6.66. The van der Waals surface area contributed by atoms with Crippen molar-refractivity contribution in [3.05, 3.63) is 36.3 Å². The van der Waals surface area contributed by atoms with E-state index in [0.29, 0.717) is 37.5 Å². The van der Waals surface area contributed by atoms with Crippen LogP contribution >= 0.6 is 0 Å². The number of fused-ring (bicyclic) bond motifs is 1. The van der Waals surface area contributed by atoms with Gasteiger partial charge in [-0.25, -0.2) is 18.1 Å².